The van der Waals surface area contributed by atoms with Gasteiger partial charge in [-0.1, -0.05) is 49.6 Å². The summed E-state index contributed by atoms with van der Waals surface area (Å²) in [6.07, 6.45) is 8.24. The van der Waals surface area contributed by atoms with Gasteiger partial charge in [-0.25, -0.2) is 0 Å². The minimum absolute atomic E-state index is 0.00654. The van der Waals surface area contributed by atoms with Gasteiger partial charge in [0.1, 0.15) is 16.7 Å². The molecule has 0 bridgehead atoms. The molecule has 3 amide bonds. The van der Waals surface area contributed by atoms with E-state index in [2.05, 4.69) is 16.0 Å². The summed E-state index contributed by atoms with van der Waals surface area (Å²) < 4.78 is 6.68. The molecule has 0 unspecified atom stereocenters. The second kappa shape index (κ2) is 11.5. The molecule has 3 aromatic rings. The van der Waals surface area contributed by atoms with E-state index in [1.165, 1.54) is 23.3 Å². The summed E-state index contributed by atoms with van der Waals surface area (Å²) in [5.74, 6) is 1.04. The highest BCUT2D eigenvalue weighted by Crippen LogP contribution is 2.41. The van der Waals surface area contributed by atoms with Gasteiger partial charge in [0.25, 0.3) is 11.8 Å². The number of thiazole rings is 1. The van der Waals surface area contributed by atoms with Gasteiger partial charge in [-0.15, -0.1) is 11.3 Å². The van der Waals surface area contributed by atoms with Gasteiger partial charge < -0.3 is 19.4 Å². The maximum atomic E-state index is 14.1. The smallest absolute Gasteiger partial charge is 0.265 e. The predicted molar refractivity (Wildman–Crippen MR) is 159 cm³/mol. The second-order valence-corrected chi connectivity index (χ2v) is 12.8. The molecular formula is C33H36N4O4S. The molecule has 1 aliphatic carbocycles. The Kier molecular flexibility index (Phi) is 7.44. The molecule has 0 N–H and O–H groups in total. The van der Waals surface area contributed by atoms with E-state index in [0.717, 1.165) is 61.0 Å². The van der Waals surface area contributed by atoms with Gasteiger partial charge in [-0.2, -0.15) is 0 Å². The maximum absolute atomic E-state index is 14.1. The molecule has 1 saturated carbocycles. The van der Waals surface area contributed by atoms with Gasteiger partial charge >= 0.3 is 0 Å². The van der Waals surface area contributed by atoms with Crippen molar-refractivity contribution in [3.63, 3.8) is 0 Å². The van der Waals surface area contributed by atoms with E-state index in [4.69, 9.17) is 4.74 Å². The average Bonchev–Trinajstić information content (AvgIpc) is 3.79. The van der Waals surface area contributed by atoms with E-state index in [1.54, 1.807) is 11.7 Å². The van der Waals surface area contributed by atoms with Crippen LogP contribution in [-0.4, -0.2) is 69.7 Å². The zero-order valence-electron chi connectivity index (χ0n) is 23.7. The first kappa shape index (κ1) is 27.1. The highest BCUT2D eigenvalue weighted by Gasteiger charge is 2.40. The van der Waals surface area contributed by atoms with E-state index < -0.39 is 0 Å². The number of nitrogens with zero attached hydrogens (tertiary/aromatic N) is 4. The summed E-state index contributed by atoms with van der Waals surface area (Å²) in [4.78, 5) is 51.0. The molecule has 3 aliphatic heterocycles. The van der Waals surface area contributed by atoms with E-state index in [-0.39, 0.29) is 35.8 Å². The number of carbonyl (C=O) groups is 3. The Labute approximate surface area is 250 Å². The Morgan fingerprint density at radius 2 is 1.81 bits per heavy atom. The number of ether oxygens (including phenoxy) is 1. The van der Waals surface area contributed by atoms with Crippen molar-refractivity contribution in [1.82, 2.24) is 19.7 Å². The van der Waals surface area contributed by atoms with Crippen molar-refractivity contribution in [3.05, 3.63) is 81.3 Å². The summed E-state index contributed by atoms with van der Waals surface area (Å²) in [7, 11) is 0. The van der Waals surface area contributed by atoms with Gasteiger partial charge in [-0.05, 0) is 42.5 Å². The second-order valence-electron chi connectivity index (χ2n) is 11.9. The van der Waals surface area contributed by atoms with Crippen LogP contribution in [0.1, 0.15) is 81.3 Å². The molecule has 7 rings (SSSR count). The summed E-state index contributed by atoms with van der Waals surface area (Å²) in [6, 6.07) is 13.7. The number of hydrogen-bond donors (Lipinski definition) is 0. The predicted octanol–water partition coefficient (Wildman–Crippen LogP) is 5.10. The Balaban J connectivity index is 1.17. The fourth-order valence-corrected chi connectivity index (χ4v) is 7.80. The molecule has 4 aliphatic rings. The molecule has 4 heterocycles. The monoisotopic (exact) mass is 584 g/mol. The zero-order valence-corrected chi connectivity index (χ0v) is 24.6. The van der Waals surface area contributed by atoms with Crippen LogP contribution >= 0.6 is 11.3 Å². The van der Waals surface area contributed by atoms with E-state index in [1.807, 2.05) is 46.2 Å². The van der Waals surface area contributed by atoms with Crippen molar-refractivity contribution < 1.29 is 19.1 Å². The third-order valence-electron chi connectivity index (χ3n) is 9.38. The van der Waals surface area contributed by atoms with Gasteiger partial charge in [0, 0.05) is 49.6 Å². The van der Waals surface area contributed by atoms with Crippen LogP contribution in [0.4, 0.5) is 0 Å². The molecule has 2 aromatic carbocycles. The number of benzene rings is 2. The molecular weight excluding hydrogens is 548 g/mol. The number of likely N-dealkylation sites (tertiary alicyclic amines) is 1. The minimum atomic E-state index is -0.283. The normalized spacial score (nSPS) is 22.3. The molecule has 8 nitrogen and oxygen atoms in total. The van der Waals surface area contributed by atoms with E-state index in [9.17, 15) is 14.4 Å². The Morgan fingerprint density at radius 1 is 0.976 bits per heavy atom. The lowest BCUT2D eigenvalue weighted by molar-refractivity contribution is -0.140. The van der Waals surface area contributed by atoms with Crippen molar-refractivity contribution in [2.75, 3.05) is 26.2 Å². The Morgan fingerprint density at radius 3 is 2.62 bits per heavy atom. The van der Waals surface area contributed by atoms with Gasteiger partial charge in [-0.3, -0.25) is 19.4 Å². The maximum Gasteiger partial charge on any atom is 0.265 e. The highest BCUT2D eigenvalue weighted by atomic mass is 32.1. The van der Waals surface area contributed by atoms with Crippen molar-refractivity contribution in [2.24, 2.45) is 5.92 Å². The van der Waals surface area contributed by atoms with Crippen molar-refractivity contribution >= 4 is 29.1 Å². The molecule has 42 heavy (non-hydrogen) atoms. The van der Waals surface area contributed by atoms with Crippen LogP contribution in [0.15, 0.2) is 54.2 Å². The van der Waals surface area contributed by atoms with Gasteiger partial charge in [0.2, 0.25) is 5.91 Å². The number of fused-ring (bicyclic) bond motifs is 2. The quantitative estimate of drug-likeness (QED) is 0.403. The van der Waals surface area contributed by atoms with Crippen molar-refractivity contribution in [3.8, 4) is 5.75 Å². The third kappa shape index (κ3) is 5.08. The lowest BCUT2D eigenvalue weighted by Crippen LogP contribution is -2.48. The zero-order chi connectivity index (χ0) is 28.6. The first-order valence-corrected chi connectivity index (χ1v) is 16.1. The van der Waals surface area contributed by atoms with Crippen LogP contribution in [0.3, 0.4) is 0 Å². The number of hydrogen-bond acceptors (Lipinski definition) is 6. The first-order chi connectivity index (χ1) is 20.6. The van der Waals surface area contributed by atoms with E-state index >= 15 is 0 Å². The molecule has 1 saturated heterocycles. The summed E-state index contributed by atoms with van der Waals surface area (Å²) in [5.41, 5.74) is 5.65. The minimum Gasteiger partial charge on any atom is -0.488 e. The molecule has 0 radical (unpaired) electrons. The molecule has 2 atom stereocenters. The van der Waals surface area contributed by atoms with Crippen LogP contribution in [0.5, 0.6) is 5.75 Å². The Bertz CT molecular complexity index is 1480. The molecule has 9 heteroatoms. The standard InChI is InChI=1S/C33H36N4O4S/c38-31(23-7-2-1-3-8-23)37-16-13-22-10-6-12-28(41-25-14-15-35(19-25)33(40)29-17-34-21-42-29)30(22)27(37)20-36-18-24-9-4-5-11-26(24)32(36)39/h4-6,9-12,17,21,23,25,27H,1-3,7-8,13-16,18-20H2/t25-,27+/m0/s1. The summed E-state index contributed by atoms with van der Waals surface area (Å²) in [5, 5.41) is 0. The van der Waals surface area contributed by atoms with Crippen molar-refractivity contribution in [1.29, 1.82) is 0 Å². The number of aromatic nitrogens is 1. The van der Waals surface area contributed by atoms with Gasteiger partial charge in [0.05, 0.1) is 24.3 Å². The molecule has 2 fully saturated rings. The highest BCUT2D eigenvalue weighted by molar-refractivity contribution is 7.11. The van der Waals surface area contributed by atoms with Gasteiger partial charge in [0.15, 0.2) is 0 Å². The SMILES string of the molecule is O=C(c1cncs1)N1CC[C@H](Oc2cccc3c2[C@@H](CN2Cc4ccccc4C2=O)N(C(=O)C2CCCCC2)CC3)C1. The number of rotatable bonds is 6. The third-order valence-corrected chi connectivity index (χ3v) is 10.1. The van der Waals surface area contributed by atoms with Crippen LogP contribution in [-0.2, 0) is 17.8 Å². The fraction of sp³-hybridized carbons (Fsp3) is 0.455. The average molecular weight is 585 g/mol. The first-order valence-electron chi connectivity index (χ1n) is 15.2. The Hall–Kier alpha value is -3.72. The molecule has 0 spiro atoms. The fourth-order valence-electron chi connectivity index (χ4n) is 7.22. The largest absolute Gasteiger partial charge is 0.488 e. The molecule has 218 valence electrons. The summed E-state index contributed by atoms with van der Waals surface area (Å²) in [6.45, 7) is 2.76. The van der Waals surface area contributed by atoms with E-state index in [0.29, 0.717) is 37.6 Å². The number of amides is 3. The van der Waals surface area contributed by atoms with Crippen LogP contribution < -0.4 is 4.74 Å². The van der Waals surface area contributed by atoms with Crippen LogP contribution in [0.25, 0.3) is 0 Å². The lowest BCUT2D eigenvalue weighted by atomic mass is 9.85. The topological polar surface area (TPSA) is 83.1 Å². The van der Waals surface area contributed by atoms with Crippen molar-refractivity contribution in [2.45, 2.75) is 63.6 Å². The van der Waals surface area contributed by atoms with Crippen LogP contribution in [0, 0.1) is 5.92 Å². The van der Waals surface area contributed by atoms with Crippen LogP contribution in [0.2, 0.25) is 0 Å². The lowest BCUT2D eigenvalue weighted by Gasteiger charge is -2.42. The summed E-state index contributed by atoms with van der Waals surface area (Å²) >= 11 is 1.35. The number of carbonyl (C=O) groups excluding carboxylic acids is 3. The molecule has 1 aromatic heterocycles.